The van der Waals surface area contributed by atoms with Crippen molar-refractivity contribution in [2.24, 2.45) is 5.92 Å². The molecule has 0 unspecified atom stereocenters. The van der Waals surface area contributed by atoms with Crippen molar-refractivity contribution in [1.29, 1.82) is 0 Å². The largest absolute Gasteiger partial charge is 0.376 e. The van der Waals surface area contributed by atoms with Gasteiger partial charge in [-0.3, -0.25) is 14.7 Å². The van der Waals surface area contributed by atoms with Crippen LogP contribution in [0.1, 0.15) is 37.7 Å². The second-order valence-electron chi connectivity index (χ2n) is 8.16. The van der Waals surface area contributed by atoms with E-state index < -0.39 is 0 Å². The SMILES string of the molecule is CN1CC[C@@H](COCc2ccncc2)CC12CN(C(=O)C1=CCCC1)C2. The topological polar surface area (TPSA) is 45.7 Å². The van der Waals surface area contributed by atoms with Crippen LogP contribution < -0.4 is 0 Å². The van der Waals surface area contributed by atoms with Crippen LogP contribution in [-0.4, -0.2) is 59.5 Å². The fraction of sp³-hybridized carbons (Fsp3) is 0.619. The summed E-state index contributed by atoms with van der Waals surface area (Å²) < 4.78 is 5.98. The molecule has 3 heterocycles. The molecule has 0 N–H and O–H groups in total. The van der Waals surface area contributed by atoms with Gasteiger partial charge in [-0.25, -0.2) is 0 Å². The van der Waals surface area contributed by atoms with E-state index in [0.717, 1.165) is 57.5 Å². The Morgan fingerprint density at radius 1 is 1.35 bits per heavy atom. The zero-order chi connectivity index (χ0) is 18.0. The van der Waals surface area contributed by atoms with Crippen molar-refractivity contribution in [2.45, 2.75) is 44.2 Å². The number of pyridine rings is 1. The van der Waals surface area contributed by atoms with Crippen LogP contribution in [0, 0.1) is 5.92 Å². The van der Waals surface area contributed by atoms with Gasteiger partial charge in [0, 0.05) is 37.7 Å². The third-order valence-electron chi connectivity index (χ3n) is 6.30. The smallest absolute Gasteiger partial charge is 0.249 e. The Kier molecular flexibility index (Phi) is 5.09. The number of aromatic nitrogens is 1. The first-order chi connectivity index (χ1) is 12.7. The predicted octanol–water partition coefficient (Wildman–Crippen LogP) is 2.63. The van der Waals surface area contributed by atoms with Gasteiger partial charge in [-0.1, -0.05) is 6.08 Å². The lowest BCUT2D eigenvalue weighted by Crippen LogP contribution is -2.72. The highest BCUT2D eigenvalue weighted by atomic mass is 16.5. The average molecular weight is 355 g/mol. The van der Waals surface area contributed by atoms with Gasteiger partial charge < -0.3 is 9.64 Å². The molecule has 4 rings (SSSR count). The molecule has 1 aromatic heterocycles. The van der Waals surface area contributed by atoms with Gasteiger partial charge >= 0.3 is 0 Å². The number of ether oxygens (including phenoxy) is 1. The lowest BCUT2D eigenvalue weighted by atomic mass is 9.75. The van der Waals surface area contributed by atoms with Crippen molar-refractivity contribution in [3.05, 3.63) is 41.7 Å². The van der Waals surface area contributed by atoms with Crippen molar-refractivity contribution < 1.29 is 9.53 Å². The third-order valence-corrected chi connectivity index (χ3v) is 6.30. The number of allylic oxidation sites excluding steroid dienone is 1. The van der Waals surface area contributed by atoms with Crippen LogP contribution in [0.25, 0.3) is 0 Å². The minimum Gasteiger partial charge on any atom is -0.376 e. The van der Waals surface area contributed by atoms with Crippen LogP contribution in [0.2, 0.25) is 0 Å². The maximum absolute atomic E-state index is 12.6. The van der Waals surface area contributed by atoms with E-state index in [1.54, 1.807) is 0 Å². The summed E-state index contributed by atoms with van der Waals surface area (Å²) in [5, 5.41) is 0. The molecule has 5 heteroatoms. The van der Waals surface area contributed by atoms with Crippen molar-refractivity contribution in [3.63, 3.8) is 0 Å². The first kappa shape index (κ1) is 17.7. The van der Waals surface area contributed by atoms with Crippen molar-refractivity contribution >= 4 is 5.91 Å². The molecule has 2 saturated heterocycles. The molecule has 0 saturated carbocycles. The molecule has 1 atom stereocenters. The highest BCUT2D eigenvalue weighted by Crippen LogP contribution is 2.39. The number of likely N-dealkylation sites (tertiary alicyclic amines) is 2. The van der Waals surface area contributed by atoms with Crippen LogP contribution in [0.15, 0.2) is 36.2 Å². The van der Waals surface area contributed by atoms with E-state index in [1.807, 2.05) is 29.4 Å². The summed E-state index contributed by atoms with van der Waals surface area (Å²) in [7, 11) is 2.21. The van der Waals surface area contributed by atoms with Gasteiger partial charge in [0.15, 0.2) is 0 Å². The second-order valence-corrected chi connectivity index (χ2v) is 8.16. The van der Waals surface area contributed by atoms with Crippen LogP contribution in [0.3, 0.4) is 0 Å². The van der Waals surface area contributed by atoms with E-state index in [2.05, 4.69) is 23.0 Å². The fourth-order valence-electron chi connectivity index (χ4n) is 4.62. The third kappa shape index (κ3) is 3.55. The van der Waals surface area contributed by atoms with Crippen LogP contribution in [0.5, 0.6) is 0 Å². The standard InChI is InChI=1S/C21H29N3O2/c1-23-11-8-18(14-26-13-17-6-9-22-10-7-17)12-21(23)15-24(16-21)20(25)19-4-2-3-5-19/h4,6-7,9-10,18H,2-3,5,8,11-16H2,1H3/t18-/m1/s1. The molecule has 3 aliphatic rings. The van der Waals surface area contributed by atoms with Gasteiger partial charge in [0.1, 0.15) is 0 Å². The van der Waals surface area contributed by atoms with Gasteiger partial charge in [-0.15, -0.1) is 0 Å². The molecule has 26 heavy (non-hydrogen) atoms. The molecule has 1 aromatic rings. The summed E-state index contributed by atoms with van der Waals surface area (Å²) in [6.07, 6.45) is 11.2. The lowest BCUT2D eigenvalue weighted by molar-refractivity contribution is -0.147. The molecular formula is C21H29N3O2. The van der Waals surface area contributed by atoms with E-state index in [9.17, 15) is 4.79 Å². The zero-order valence-corrected chi connectivity index (χ0v) is 15.7. The number of nitrogens with zero attached hydrogens (tertiary/aromatic N) is 3. The molecule has 0 radical (unpaired) electrons. The summed E-state index contributed by atoms with van der Waals surface area (Å²) in [6, 6.07) is 4.01. The van der Waals surface area contributed by atoms with E-state index >= 15 is 0 Å². The normalized spacial score (nSPS) is 25.2. The summed E-state index contributed by atoms with van der Waals surface area (Å²) in [6.45, 7) is 4.30. The number of hydrogen-bond donors (Lipinski definition) is 0. The van der Waals surface area contributed by atoms with E-state index in [4.69, 9.17) is 4.74 Å². The highest BCUT2D eigenvalue weighted by molar-refractivity contribution is 5.94. The average Bonchev–Trinajstić information content (AvgIpc) is 3.16. The molecule has 1 spiro atoms. The Hall–Kier alpha value is -1.72. The quantitative estimate of drug-likeness (QED) is 0.815. The van der Waals surface area contributed by atoms with Crippen LogP contribution in [-0.2, 0) is 16.1 Å². The van der Waals surface area contributed by atoms with E-state index in [-0.39, 0.29) is 11.4 Å². The number of likely N-dealkylation sites (N-methyl/N-ethyl adjacent to an activating group) is 1. The summed E-state index contributed by atoms with van der Waals surface area (Å²) >= 11 is 0. The summed E-state index contributed by atoms with van der Waals surface area (Å²) in [4.78, 5) is 21.1. The zero-order valence-electron chi connectivity index (χ0n) is 15.7. The van der Waals surface area contributed by atoms with Gasteiger partial charge in [0.2, 0.25) is 5.91 Å². The van der Waals surface area contributed by atoms with Gasteiger partial charge in [0.05, 0.1) is 12.1 Å². The minimum absolute atomic E-state index is 0.164. The minimum atomic E-state index is 0.164. The first-order valence-corrected chi connectivity index (χ1v) is 9.82. The second kappa shape index (κ2) is 7.49. The molecule has 0 aromatic carbocycles. The lowest BCUT2D eigenvalue weighted by Gasteiger charge is -2.58. The molecule has 2 aliphatic heterocycles. The Morgan fingerprint density at radius 2 is 2.15 bits per heavy atom. The molecule has 2 fully saturated rings. The Balaban J connectivity index is 1.28. The van der Waals surface area contributed by atoms with Crippen molar-refractivity contribution in [1.82, 2.24) is 14.8 Å². The number of hydrogen-bond acceptors (Lipinski definition) is 4. The van der Waals surface area contributed by atoms with Crippen LogP contribution in [0.4, 0.5) is 0 Å². The summed E-state index contributed by atoms with van der Waals surface area (Å²) in [5.74, 6) is 0.855. The molecule has 140 valence electrons. The summed E-state index contributed by atoms with van der Waals surface area (Å²) in [5.41, 5.74) is 2.38. The molecule has 0 bridgehead atoms. The Bertz CT molecular complexity index is 667. The number of carbonyl (C=O) groups is 1. The van der Waals surface area contributed by atoms with Crippen molar-refractivity contribution in [2.75, 3.05) is 33.3 Å². The van der Waals surface area contributed by atoms with Crippen LogP contribution >= 0.6 is 0 Å². The molecule has 1 amide bonds. The molecular weight excluding hydrogens is 326 g/mol. The highest BCUT2D eigenvalue weighted by Gasteiger charge is 2.51. The van der Waals surface area contributed by atoms with E-state index in [0.29, 0.717) is 12.5 Å². The van der Waals surface area contributed by atoms with E-state index in [1.165, 1.54) is 12.0 Å². The molecule has 5 nitrogen and oxygen atoms in total. The van der Waals surface area contributed by atoms with Gasteiger partial charge in [-0.2, -0.15) is 0 Å². The molecule has 1 aliphatic carbocycles. The monoisotopic (exact) mass is 355 g/mol. The Labute approximate surface area is 156 Å². The maximum Gasteiger partial charge on any atom is 0.249 e. The van der Waals surface area contributed by atoms with Crippen molar-refractivity contribution in [3.8, 4) is 0 Å². The number of carbonyl (C=O) groups excluding carboxylic acids is 1. The first-order valence-electron chi connectivity index (χ1n) is 9.82. The maximum atomic E-state index is 12.6. The fourth-order valence-corrected chi connectivity index (χ4v) is 4.62. The number of piperidine rings is 1. The number of rotatable bonds is 5. The Morgan fingerprint density at radius 3 is 2.88 bits per heavy atom. The van der Waals surface area contributed by atoms with Gasteiger partial charge in [-0.05, 0) is 69.3 Å². The predicted molar refractivity (Wildman–Crippen MR) is 100 cm³/mol. The number of amides is 1. The van der Waals surface area contributed by atoms with Gasteiger partial charge in [0.25, 0.3) is 0 Å².